The fourth-order valence-electron chi connectivity index (χ4n) is 2.42. The van der Waals surface area contributed by atoms with Gasteiger partial charge in [-0.25, -0.2) is 0 Å². The molecular weight excluding hydrogens is 334 g/mol. The van der Waals surface area contributed by atoms with Crippen LogP contribution in [0.5, 0.6) is 5.75 Å². The Morgan fingerprint density at radius 3 is 2.64 bits per heavy atom. The second-order valence-electron chi connectivity index (χ2n) is 5.67. The van der Waals surface area contributed by atoms with Crippen LogP contribution in [0.3, 0.4) is 0 Å². The first-order chi connectivity index (χ1) is 12.2. The fourth-order valence-corrected chi connectivity index (χ4v) is 3.43. The van der Waals surface area contributed by atoms with Gasteiger partial charge in [-0.1, -0.05) is 30.3 Å². The molecule has 25 heavy (non-hydrogen) atoms. The Morgan fingerprint density at radius 2 is 2.00 bits per heavy atom. The van der Waals surface area contributed by atoms with Gasteiger partial charge in [0.15, 0.2) is 5.96 Å². The summed E-state index contributed by atoms with van der Waals surface area (Å²) in [6.07, 6.45) is 0. The van der Waals surface area contributed by atoms with Crippen LogP contribution in [0.15, 0.2) is 59.6 Å². The second-order valence-corrected chi connectivity index (χ2v) is 6.96. The number of rotatable bonds is 5. The van der Waals surface area contributed by atoms with Gasteiger partial charge in [-0.3, -0.25) is 15.1 Å². The van der Waals surface area contributed by atoms with Gasteiger partial charge in [0.05, 0.1) is 13.7 Å². The minimum Gasteiger partial charge on any atom is -0.497 e. The number of nitrogens with zero attached hydrogens (tertiary/aromatic N) is 1. The number of guanidine groups is 1. The molecule has 3 rings (SSSR count). The van der Waals surface area contributed by atoms with Gasteiger partial charge in [0, 0.05) is 23.1 Å². The number of thioether (sulfide) groups is 1. The molecule has 2 N–H and O–H groups in total. The van der Waals surface area contributed by atoms with Crippen molar-refractivity contribution in [2.45, 2.75) is 11.0 Å². The molecule has 0 fully saturated rings. The number of methoxy groups -OCH3 is 1. The third-order valence-corrected chi connectivity index (χ3v) is 5.15. The van der Waals surface area contributed by atoms with E-state index in [4.69, 9.17) is 4.74 Å². The number of amides is 1. The molecule has 0 radical (unpaired) electrons. The second kappa shape index (κ2) is 8.58. The van der Waals surface area contributed by atoms with E-state index in [0.717, 1.165) is 18.0 Å². The monoisotopic (exact) mass is 355 g/mol. The molecule has 5 nitrogen and oxygen atoms in total. The maximum Gasteiger partial charge on any atom is 0.257 e. The maximum atomic E-state index is 12.1. The highest BCUT2D eigenvalue weighted by atomic mass is 32.2. The fraction of sp³-hybridized carbons (Fsp3) is 0.263. The maximum absolute atomic E-state index is 12.1. The van der Waals surface area contributed by atoms with Crippen molar-refractivity contribution in [1.29, 1.82) is 0 Å². The molecule has 2 aromatic rings. The van der Waals surface area contributed by atoms with E-state index in [1.165, 1.54) is 5.56 Å². The smallest absolute Gasteiger partial charge is 0.257 e. The van der Waals surface area contributed by atoms with Crippen molar-refractivity contribution in [2.24, 2.45) is 4.99 Å². The zero-order valence-electron chi connectivity index (χ0n) is 14.1. The normalized spacial score (nSPS) is 16.5. The Hall–Kier alpha value is -2.47. The van der Waals surface area contributed by atoms with Gasteiger partial charge in [-0.15, -0.1) is 11.8 Å². The van der Waals surface area contributed by atoms with Crippen molar-refractivity contribution < 1.29 is 9.53 Å². The highest BCUT2D eigenvalue weighted by molar-refractivity contribution is 7.99. The molecule has 1 heterocycles. The van der Waals surface area contributed by atoms with Crippen molar-refractivity contribution in [2.75, 3.05) is 20.2 Å². The largest absolute Gasteiger partial charge is 0.497 e. The zero-order valence-corrected chi connectivity index (χ0v) is 14.9. The molecule has 6 heteroatoms. The average Bonchev–Trinajstić information content (AvgIpc) is 2.68. The highest BCUT2D eigenvalue weighted by Gasteiger charge is 2.17. The van der Waals surface area contributed by atoms with Gasteiger partial charge in [0.2, 0.25) is 0 Å². The molecule has 1 aliphatic rings. The Kier molecular flexibility index (Phi) is 5.95. The summed E-state index contributed by atoms with van der Waals surface area (Å²) < 4.78 is 5.17. The molecule has 1 amide bonds. The van der Waals surface area contributed by atoms with Crippen LogP contribution in [0.2, 0.25) is 0 Å². The van der Waals surface area contributed by atoms with Crippen LogP contribution >= 0.6 is 11.8 Å². The standard InChI is InChI=1S/C19H21N3O2S/c1-24-16-9-7-14(8-10-16)13-25-17-11-20-19(21-12-17)22-18(23)15-5-3-2-4-6-15/h2-10,17H,11-13H2,1H3,(H2,20,21,22,23). The first-order valence-electron chi connectivity index (χ1n) is 8.14. The van der Waals surface area contributed by atoms with Crippen molar-refractivity contribution in [3.63, 3.8) is 0 Å². The Bertz CT molecular complexity index is 732. The van der Waals surface area contributed by atoms with E-state index in [0.29, 0.717) is 23.3 Å². The van der Waals surface area contributed by atoms with E-state index >= 15 is 0 Å². The summed E-state index contributed by atoms with van der Waals surface area (Å²) in [6.45, 7) is 1.48. The van der Waals surface area contributed by atoms with E-state index in [9.17, 15) is 4.79 Å². The number of ether oxygens (including phenoxy) is 1. The van der Waals surface area contributed by atoms with Crippen LogP contribution in [-0.4, -0.2) is 37.3 Å². The Morgan fingerprint density at radius 1 is 1.24 bits per heavy atom. The molecule has 0 saturated carbocycles. The molecule has 1 unspecified atom stereocenters. The Balaban J connectivity index is 1.46. The topological polar surface area (TPSA) is 62.7 Å². The van der Waals surface area contributed by atoms with Crippen molar-refractivity contribution in [3.8, 4) is 5.75 Å². The summed E-state index contributed by atoms with van der Waals surface area (Å²) in [7, 11) is 1.67. The van der Waals surface area contributed by atoms with Crippen LogP contribution < -0.4 is 15.4 Å². The molecule has 0 bridgehead atoms. The molecule has 2 aromatic carbocycles. The van der Waals surface area contributed by atoms with E-state index in [-0.39, 0.29) is 5.91 Å². The molecule has 0 aliphatic carbocycles. The van der Waals surface area contributed by atoms with Crippen LogP contribution in [0.25, 0.3) is 0 Å². The van der Waals surface area contributed by atoms with Gasteiger partial charge in [-0.2, -0.15) is 0 Å². The van der Waals surface area contributed by atoms with E-state index < -0.39 is 0 Å². The lowest BCUT2D eigenvalue weighted by Crippen LogP contribution is -2.47. The average molecular weight is 355 g/mol. The van der Waals surface area contributed by atoms with Gasteiger partial charge in [-0.05, 0) is 29.8 Å². The molecule has 0 spiro atoms. The molecule has 0 saturated heterocycles. The molecular formula is C19H21N3O2S. The van der Waals surface area contributed by atoms with Crippen LogP contribution in [0, 0.1) is 0 Å². The highest BCUT2D eigenvalue weighted by Crippen LogP contribution is 2.21. The number of nitrogens with one attached hydrogen (secondary N) is 2. The van der Waals surface area contributed by atoms with Gasteiger partial charge in [0.25, 0.3) is 5.91 Å². The molecule has 1 aliphatic heterocycles. The van der Waals surface area contributed by atoms with Crippen molar-refractivity contribution in [3.05, 3.63) is 65.7 Å². The summed E-state index contributed by atoms with van der Waals surface area (Å²) in [5.41, 5.74) is 1.89. The Labute approximate surface area is 151 Å². The summed E-state index contributed by atoms with van der Waals surface area (Å²) in [5.74, 6) is 2.21. The lowest BCUT2D eigenvalue weighted by atomic mass is 10.2. The summed E-state index contributed by atoms with van der Waals surface area (Å²) in [6, 6.07) is 17.3. The lowest BCUT2D eigenvalue weighted by molar-refractivity contribution is 0.0975. The van der Waals surface area contributed by atoms with Gasteiger partial charge >= 0.3 is 0 Å². The number of benzene rings is 2. The lowest BCUT2D eigenvalue weighted by Gasteiger charge is -2.22. The van der Waals surface area contributed by atoms with E-state index in [1.54, 1.807) is 19.2 Å². The minimum absolute atomic E-state index is 0.142. The predicted molar refractivity (Wildman–Crippen MR) is 102 cm³/mol. The molecule has 1 atom stereocenters. The van der Waals surface area contributed by atoms with E-state index in [2.05, 4.69) is 27.8 Å². The summed E-state index contributed by atoms with van der Waals surface area (Å²) in [5, 5.41) is 6.41. The van der Waals surface area contributed by atoms with Crippen molar-refractivity contribution in [1.82, 2.24) is 10.6 Å². The van der Waals surface area contributed by atoms with E-state index in [1.807, 2.05) is 42.1 Å². The number of carbonyl (C=O) groups is 1. The number of hydrogen-bond donors (Lipinski definition) is 2. The van der Waals surface area contributed by atoms with Crippen LogP contribution in [0.1, 0.15) is 15.9 Å². The third kappa shape index (κ3) is 5.00. The first kappa shape index (κ1) is 17.4. The summed E-state index contributed by atoms with van der Waals surface area (Å²) in [4.78, 5) is 16.6. The molecule has 0 aromatic heterocycles. The van der Waals surface area contributed by atoms with Gasteiger partial charge < -0.3 is 10.1 Å². The van der Waals surface area contributed by atoms with Crippen molar-refractivity contribution >= 4 is 23.6 Å². The number of carbonyl (C=O) groups excluding carboxylic acids is 1. The minimum atomic E-state index is -0.142. The third-order valence-electron chi connectivity index (χ3n) is 3.86. The number of aliphatic imine (C=N–C) groups is 1. The zero-order chi connectivity index (χ0) is 17.5. The summed E-state index contributed by atoms with van der Waals surface area (Å²) >= 11 is 1.86. The van der Waals surface area contributed by atoms with Crippen LogP contribution in [0.4, 0.5) is 0 Å². The first-order valence-corrected chi connectivity index (χ1v) is 9.19. The SMILES string of the molecule is COc1ccc(CSC2CN=C(NC(=O)c3ccccc3)NC2)cc1. The quantitative estimate of drug-likeness (QED) is 0.866. The molecule has 130 valence electrons. The van der Waals surface area contributed by atoms with Crippen LogP contribution in [-0.2, 0) is 5.75 Å². The number of hydrogen-bond acceptors (Lipinski definition) is 5. The predicted octanol–water partition coefficient (Wildman–Crippen LogP) is 2.69. The van der Waals surface area contributed by atoms with Gasteiger partial charge in [0.1, 0.15) is 5.75 Å².